The summed E-state index contributed by atoms with van der Waals surface area (Å²) in [6, 6.07) is 4.22. The van der Waals surface area contributed by atoms with Gasteiger partial charge in [-0.15, -0.1) is 0 Å². The van der Waals surface area contributed by atoms with Crippen LogP contribution in [-0.4, -0.2) is 35.7 Å². The Morgan fingerprint density at radius 3 is 2.65 bits per heavy atom. The van der Waals surface area contributed by atoms with Gasteiger partial charge in [-0.05, 0) is 49.0 Å². The van der Waals surface area contributed by atoms with E-state index >= 15 is 0 Å². The summed E-state index contributed by atoms with van der Waals surface area (Å²) in [6.45, 7) is 1.65. The Morgan fingerprint density at radius 2 is 2.06 bits per heavy atom. The van der Waals surface area contributed by atoms with Crippen LogP contribution in [0.15, 0.2) is 18.2 Å². The molecule has 0 spiro atoms. The van der Waals surface area contributed by atoms with Crippen molar-refractivity contribution in [2.75, 3.05) is 13.6 Å². The molecule has 1 aliphatic carbocycles. The first-order chi connectivity index (χ1) is 8.04. The van der Waals surface area contributed by atoms with Crippen LogP contribution in [0.4, 0.5) is 4.39 Å². The molecule has 0 radical (unpaired) electrons. The van der Waals surface area contributed by atoms with Crippen LogP contribution in [0, 0.1) is 11.7 Å². The fourth-order valence-electron chi connectivity index (χ4n) is 2.03. The first-order valence-corrected chi connectivity index (χ1v) is 5.88. The summed E-state index contributed by atoms with van der Waals surface area (Å²) in [5.41, 5.74) is 0.982. The van der Waals surface area contributed by atoms with Crippen molar-refractivity contribution in [1.29, 1.82) is 0 Å². The van der Waals surface area contributed by atoms with E-state index in [0.717, 1.165) is 24.1 Å². The third-order valence-corrected chi connectivity index (χ3v) is 3.00. The van der Waals surface area contributed by atoms with Crippen molar-refractivity contribution in [1.82, 2.24) is 4.90 Å². The zero-order valence-corrected chi connectivity index (χ0v) is 9.93. The van der Waals surface area contributed by atoms with E-state index in [0.29, 0.717) is 6.54 Å². The molecule has 0 unspecified atom stereocenters. The Labute approximate surface area is 101 Å². The van der Waals surface area contributed by atoms with E-state index in [1.165, 1.54) is 18.9 Å². The minimum absolute atomic E-state index is 0.208. The van der Waals surface area contributed by atoms with Crippen molar-refractivity contribution >= 4 is 12.6 Å². The first kappa shape index (κ1) is 12.5. The second-order valence-corrected chi connectivity index (χ2v) is 4.91. The summed E-state index contributed by atoms with van der Waals surface area (Å²) in [4.78, 5) is 2.14. The lowest BCUT2D eigenvalue weighted by Crippen LogP contribution is -2.31. The Kier molecular flexibility index (Phi) is 3.81. The molecule has 0 heterocycles. The van der Waals surface area contributed by atoms with Gasteiger partial charge in [0.1, 0.15) is 5.82 Å². The van der Waals surface area contributed by atoms with E-state index in [4.69, 9.17) is 10.0 Å². The average Bonchev–Trinajstić information content (AvgIpc) is 3.00. The van der Waals surface area contributed by atoms with E-state index in [9.17, 15) is 4.39 Å². The molecule has 5 heteroatoms. The fourth-order valence-corrected chi connectivity index (χ4v) is 2.03. The van der Waals surface area contributed by atoms with Gasteiger partial charge in [-0.3, -0.25) is 0 Å². The molecule has 92 valence electrons. The summed E-state index contributed by atoms with van der Waals surface area (Å²) >= 11 is 0. The predicted molar refractivity (Wildman–Crippen MR) is 65.3 cm³/mol. The van der Waals surface area contributed by atoms with Crippen LogP contribution in [0.25, 0.3) is 0 Å². The van der Waals surface area contributed by atoms with Crippen molar-refractivity contribution in [2.45, 2.75) is 19.4 Å². The molecule has 1 fully saturated rings. The molecule has 2 N–H and O–H groups in total. The van der Waals surface area contributed by atoms with E-state index in [-0.39, 0.29) is 5.46 Å². The lowest BCUT2D eigenvalue weighted by atomic mass is 9.79. The van der Waals surface area contributed by atoms with E-state index in [1.807, 2.05) is 7.05 Å². The van der Waals surface area contributed by atoms with Crippen LogP contribution in [0.3, 0.4) is 0 Å². The second-order valence-electron chi connectivity index (χ2n) is 4.91. The van der Waals surface area contributed by atoms with Gasteiger partial charge in [0, 0.05) is 13.1 Å². The summed E-state index contributed by atoms with van der Waals surface area (Å²) in [5, 5.41) is 18.1. The van der Waals surface area contributed by atoms with Crippen molar-refractivity contribution in [3.63, 3.8) is 0 Å². The summed E-state index contributed by atoms with van der Waals surface area (Å²) in [5.74, 6) is 0.363. The van der Waals surface area contributed by atoms with Gasteiger partial charge in [-0.1, -0.05) is 6.07 Å². The van der Waals surface area contributed by atoms with Gasteiger partial charge in [-0.2, -0.15) is 0 Å². The monoisotopic (exact) mass is 237 g/mol. The Hall–Kier alpha value is -0.905. The number of halogens is 1. The minimum atomic E-state index is -1.61. The lowest BCUT2D eigenvalue weighted by Gasteiger charge is -2.16. The molecule has 0 aliphatic heterocycles. The number of benzene rings is 1. The van der Waals surface area contributed by atoms with Gasteiger partial charge in [0.05, 0.1) is 0 Å². The molecule has 0 bridgehead atoms. The van der Waals surface area contributed by atoms with Crippen molar-refractivity contribution in [3.05, 3.63) is 29.6 Å². The van der Waals surface area contributed by atoms with Crippen LogP contribution in [0.2, 0.25) is 0 Å². The highest BCUT2D eigenvalue weighted by atomic mass is 19.1. The summed E-state index contributed by atoms with van der Waals surface area (Å²) < 4.78 is 13.3. The SMILES string of the molecule is CN(Cc1cc(F)cc(B(O)O)c1)CC1CC1. The van der Waals surface area contributed by atoms with Crippen LogP contribution in [0.5, 0.6) is 0 Å². The van der Waals surface area contributed by atoms with E-state index in [1.54, 1.807) is 6.07 Å². The van der Waals surface area contributed by atoms with Gasteiger partial charge < -0.3 is 14.9 Å². The van der Waals surface area contributed by atoms with E-state index < -0.39 is 12.9 Å². The molecule has 0 atom stereocenters. The highest BCUT2D eigenvalue weighted by Crippen LogP contribution is 2.29. The molecule has 1 saturated carbocycles. The minimum Gasteiger partial charge on any atom is -0.423 e. The highest BCUT2D eigenvalue weighted by molar-refractivity contribution is 6.58. The standard InChI is InChI=1S/C12H17BFNO2/c1-15(7-9-2-3-9)8-10-4-11(13(16)17)6-12(14)5-10/h4-6,9,16-17H,2-3,7-8H2,1H3. The maximum absolute atomic E-state index is 13.3. The smallest absolute Gasteiger partial charge is 0.423 e. The predicted octanol–water partition coefficient (Wildman–Crippen LogP) is 0.347. The Bertz CT molecular complexity index is 396. The van der Waals surface area contributed by atoms with Crippen molar-refractivity contribution in [2.24, 2.45) is 5.92 Å². The molecular formula is C12H17BFNO2. The molecule has 1 aliphatic rings. The fraction of sp³-hybridized carbons (Fsp3) is 0.500. The first-order valence-electron chi connectivity index (χ1n) is 5.88. The van der Waals surface area contributed by atoms with Crippen LogP contribution < -0.4 is 5.46 Å². The number of rotatable bonds is 5. The van der Waals surface area contributed by atoms with Crippen LogP contribution >= 0.6 is 0 Å². The van der Waals surface area contributed by atoms with Gasteiger partial charge in [0.2, 0.25) is 0 Å². The summed E-state index contributed by atoms with van der Waals surface area (Å²) in [7, 11) is 0.385. The molecular weight excluding hydrogens is 220 g/mol. The zero-order chi connectivity index (χ0) is 12.4. The van der Waals surface area contributed by atoms with Gasteiger partial charge in [-0.25, -0.2) is 4.39 Å². The topological polar surface area (TPSA) is 43.7 Å². The normalized spacial score (nSPS) is 15.4. The van der Waals surface area contributed by atoms with Crippen LogP contribution in [0.1, 0.15) is 18.4 Å². The molecule has 2 rings (SSSR count). The Morgan fingerprint density at radius 1 is 1.35 bits per heavy atom. The number of nitrogens with zero attached hydrogens (tertiary/aromatic N) is 1. The van der Waals surface area contributed by atoms with E-state index in [2.05, 4.69) is 4.90 Å². The molecule has 0 amide bonds. The van der Waals surface area contributed by atoms with Crippen molar-refractivity contribution < 1.29 is 14.4 Å². The maximum Gasteiger partial charge on any atom is 0.488 e. The van der Waals surface area contributed by atoms with Crippen molar-refractivity contribution in [3.8, 4) is 0 Å². The largest absolute Gasteiger partial charge is 0.488 e. The average molecular weight is 237 g/mol. The van der Waals surface area contributed by atoms with Gasteiger partial charge in [0.25, 0.3) is 0 Å². The quantitative estimate of drug-likeness (QED) is 0.726. The molecule has 17 heavy (non-hydrogen) atoms. The molecule has 1 aromatic carbocycles. The highest BCUT2D eigenvalue weighted by Gasteiger charge is 2.23. The molecule has 1 aromatic rings. The summed E-state index contributed by atoms with van der Waals surface area (Å²) in [6.07, 6.45) is 2.57. The third kappa shape index (κ3) is 3.80. The number of hydrogen-bond donors (Lipinski definition) is 2. The number of hydrogen-bond acceptors (Lipinski definition) is 3. The molecule has 0 aromatic heterocycles. The Balaban J connectivity index is 2.03. The van der Waals surface area contributed by atoms with Gasteiger partial charge in [0.15, 0.2) is 0 Å². The van der Waals surface area contributed by atoms with Crippen LogP contribution in [-0.2, 0) is 6.54 Å². The second kappa shape index (κ2) is 5.17. The van der Waals surface area contributed by atoms with Gasteiger partial charge >= 0.3 is 7.12 Å². The maximum atomic E-state index is 13.3. The lowest BCUT2D eigenvalue weighted by molar-refractivity contribution is 0.312. The molecule has 3 nitrogen and oxygen atoms in total. The third-order valence-electron chi connectivity index (χ3n) is 3.00. The zero-order valence-electron chi connectivity index (χ0n) is 9.93. The molecule has 0 saturated heterocycles.